The summed E-state index contributed by atoms with van der Waals surface area (Å²) < 4.78 is 5.44. The van der Waals surface area contributed by atoms with Crippen LogP contribution in [-0.2, 0) is 9.53 Å². The van der Waals surface area contributed by atoms with Crippen molar-refractivity contribution in [2.24, 2.45) is 0 Å². The maximum Gasteiger partial charge on any atom is 0.246 e. The number of carbonyl (C=O) groups excluding carboxylic acids is 2. The summed E-state index contributed by atoms with van der Waals surface area (Å²) in [5, 5.41) is 3.00. The van der Waals surface area contributed by atoms with Gasteiger partial charge in [-0.2, -0.15) is 0 Å². The van der Waals surface area contributed by atoms with E-state index in [0.29, 0.717) is 37.6 Å². The quantitative estimate of drug-likeness (QED) is 0.579. The lowest BCUT2D eigenvalue weighted by atomic mass is 10.0. The Balaban J connectivity index is 1.73. The molecule has 1 saturated heterocycles. The summed E-state index contributed by atoms with van der Waals surface area (Å²) in [4.78, 5) is 29.2. The Morgan fingerprint density at radius 3 is 2.31 bits per heavy atom. The summed E-state index contributed by atoms with van der Waals surface area (Å²) in [6, 6.07) is 16.4. The van der Waals surface area contributed by atoms with Crippen molar-refractivity contribution in [3.8, 4) is 0 Å². The van der Waals surface area contributed by atoms with Crippen LogP contribution in [0.1, 0.15) is 22.0 Å². The molecule has 1 aliphatic rings. The minimum Gasteiger partial charge on any atom is -0.383 e. The minimum absolute atomic E-state index is 0.0768. The molecule has 1 N–H and O–H groups in total. The van der Waals surface area contributed by atoms with Gasteiger partial charge in [0.1, 0.15) is 6.04 Å². The number of nitrogens with zero attached hydrogens (tertiary/aromatic N) is 2. The predicted octanol–water partition coefficient (Wildman–Crippen LogP) is 2.96. The molecule has 0 aromatic heterocycles. The number of morpholine rings is 1. The highest BCUT2D eigenvalue weighted by Gasteiger charge is 2.29. The van der Waals surface area contributed by atoms with Crippen LogP contribution in [0.25, 0.3) is 0 Å². The largest absolute Gasteiger partial charge is 0.383 e. The molecular weight excluding hydrogens is 366 g/mol. The van der Waals surface area contributed by atoms with E-state index in [1.807, 2.05) is 49.3 Å². The van der Waals surface area contributed by atoms with Crippen molar-refractivity contribution in [1.29, 1.82) is 0 Å². The second-order valence-electron chi connectivity index (χ2n) is 7.17. The fourth-order valence-corrected chi connectivity index (χ4v) is 3.24. The summed E-state index contributed by atoms with van der Waals surface area (Å²) in [6.07, 6.45) is 3.24. The molecule has 29 heavy (non-hydrogen) atoms. The van der Waals surface area contributed by atoms with Crippen LogP contribution < -0.4 is 5.32 Å². The number of amides is 1. The van der Waals surface area contributed by atoms with Gasteiger partial charge < -0.3 is 15.0 Å². The first-order valence-electron chi connectivity index (χ1n) is 9.71. The molecule has 1 aliphatic heterocycles. The third kappa shape index (κ3) is 5.76. The monoisotopic (exact) mass is 393 g/mol. The van der Waals surface area contributed by atoms with Gasteiger partial charge in [-0.3, -0.25) is 14.5 Å². The Hall–Kier alpha value is -2.96. The molecule has 2 aromatic rings. The number of nitrogens with one attached hydrogen (secondary N) is 1. The van der Waals surface area contributed by atoms with Gasteiger partial charge in [-0.1, -0.05) is 30.3 Å². The van der Waals surface area contributed by atoms with Crippen molar-refractivity contribution in [2.75, 3.05) is 45.7 Å². The molecule has 3 rings (SSSR count). The second kappa shape index (κ2) is 10.0. The maximum atomic E-state index is 13.1. The normalized spacial score (nSPS) is 15.8. The van der Waals surface area contributed by atoms with Crippen molar-refractivity contribution in [3.05, 3.63) is 78.0 Å². The number of ether oxygens (including phenoxy) is 1. The summed E-state index contributed by atoms with van der Waals surface area (Å²) in [5.41, 5.74) is 2.19. The van der Waals surface area contributed by atoms with E-state index >= 15 is 0 Å². The van der Waals surface area contributed by atoms with Crippen LogP contribution in [0.4, 0.5) is 5.69 Å². The molecular formula is C23H27N3O3. The van der Waals surface area contributed by atoms with Crippen LogP contribution in [0.5, 0.6) is 0 Å². The molecule has 0 aliphatic carbocycles. The minimum atomic E-state index is -0.385. The van der Waals surface area contributed by atoms with Crippen LogP contribution in [-0.4, -0.2) is 61.9 Å². The zero-order valence-corrected chi connectivity index (χ0v) is 16.9. The van der Waals surface area contributed by atoms with Gasteiger partial charge in [0.15, 0.2) is 5.78 Å². The van der Waals surface area contributed by atoms with Crippen LogP contribution in [0, 0.1) is 0 Å². The zero-order chi connectivity index (χ0) is 20.6. The third-order valence-electron chi connectivity index (χ3n) is 4.74. The van der Waals surface area contributed by atoms with Gasteiger partial charge >= 0.3 is 0 Å². The SMILES string of the molecule is CN(C)/C=C/C(=O)c1ccc(NC(=O)C(c2ccccc2)N2CCOCC2)cc1. The van der Waals surface area contributed by atoms with Crippen LogP contribution >= 0.6 is 0 Å². The number of anilines is 1. The molecule has 152 valence electrons. The Morgan fingerprint density at radius 2 is 1.69 bits per heavy atom. The Kier molecular flexibility index (Phi) is 7.16. The second-order valence-corrected chi connectivity index (χ2v) is 7.17. The maximum absolute atomic E-state index is 13.1. The van der Waals surface area contributed by atoms with Crippen molar-refractivity contribution in [1.82, 2.24) is 9.80 Å². The van der Waals surface area contributed by atoms with Crippen LogP contribution in [0.2, 0.25) is 0 Å². The average Bonchev–Trinajstić information content (AvgIpc) is 2.74. The summed E-state index contributed by atoms with van der Waals surface area (Å²) in [7, 11) is 3.72. The lowest BCUT2D eigenvalue weighted by Crippen LogP contribution is -2.43. The van der Waals surface area contributed by atoms with Crippen LogP contribution in [0.15, 0.2) is 66.9 Å². The van der Waals surface area contributed by atoms with Gasteiger partial charge in [-0.05, 0) is 29.8 Å². The molecule has 0 radical (unpaired) electrons. The number of hydrogen-bond donors (Lipinski definition) is 1. The van der Waals surface area contributed by atoms with Gasteiger partial charge in [0.05, 0.1) is 13.2 Å². The number of benzene rings is 2. The first-order chi connectivity index (χ1) is 14.0. The van der Waals surface area contributed by atoms with Crippen molar-refractivity contribution in [3.63, 3.8) is 0 Å². The first-order valence-corrected chi connectivity index (χ1v) is 9.71. The lowest BCUT2D eigenvalue weighted by Gasteiger charge is -2.33. The van der Waals surface area contributed by atoms with Gasteiger partial charge in [0.25, 0.3) is 0 Å². The van der Waals surface area contributed by atoms with E-state index in [4.69, 9.17) is 4.74 Å². The smallest absolute Gasteiger partial charge is 0.246 e. The molecule has 0 spiro atoms. The molecule has 1 amide bonds. The molecule has 1 unspecified atom stereocenters. The van der Waals surface area contributed by atoms with Gasteiger partial charge in [-0.15, -0.1) is 0 Å². The highest BCUT2D eigenvalue weighted by atomic mass is 16.5. The predicted molar refractivity (Wildman–Crippen MR) is 114 cm³/mol. The number of rotatable bonds is 7. The molecule has 6 nitrogen and oxygen atoms in total. The number of carbonyl (C=O) groups is 2. The van der Waals surface area contributed by atoms with Crippen molar-refractivity contribution >= 4 is 17.4 Å². The number of ketones is 1. The first kappa shape index (κ1) is 20.8. The standard InChI is InChI=1S/C23H27N3O3/c1-25(2)13-12-21(27)18-8-10-20(11-9-18)24-23(28)22(19-6-4-3-5-7-19)26-14-16-29-17-15-26/h3-13,22H,14-17H2,1-2H3,(H,24,28)/b13-12+. The van der Waals surface area contributed by atoms with E-state index in [1.54, 1.807) is 30.5 Å². The van der Waals surface area contributed by atoms with E-state index in [9.17, 15) is 9.59 Å². The molecule has 1 fully saturated rings. The highest BCUT2D eigenvalue weighted by Crippen LogP contribution is 2.24. The molecule has 2 aromatic carbocycles. The fraction of sp³-hybridized carbons (Fsp3) is 0.304. The Morgan fingerprint density at radius 1 is 1.03 bits per heavy atom. The zero-order valence-electron chi connectivity index (χ0n) is 16.9. The molecule has 1 heterocycles. The van der Waals surface area contributed by atoms with E-state index in [-0.39, 0.29) is 17.7 Å². The average molecular weight is 393 g/mol. The van der Waals surface area contributed by atoms with Gasteiger partial charge in [-0.25, -0.2) is 0 Å². The van der Waals surface area contributed by atoms with Crippen LogP contribution in [0.3, 0.4) is 0 Å². The molecule has 6 heteroatoms. The topological polar surface area (TPSA) is 61.9 Å². The van der Waals surface area contributed by atoms with Gasteiger partial charge in [0, 0.05) is 50.7 Å². The molecule has 0 saturated carbocycles. The third-order valence-corrected chi connectivity index (χ3v) is 4.74. The van der Waals surface area contributed by atoms with Gasteiger partial charge in [0.2, 0.25) is 5.91 Å². The Bertz CT molecular complexity index is 841. The molecule has 1 atom stereocenters. The van der Waals surface area contributed by atoms with Crippen molar-refractivity contribution in [2.45, 2.75) is 6.04 Å². The van der Waals surface area contributed by atoms with E-state index in [0.717, 1.165) is 5.56 Å². The fourth-order valence-electron chi connectivity index (χ4n) is 3.24. The Labute approximate surface area is 171 Å². The number of allylic oxidation sites excluding steroid dienone is 1. The number of hydrogen-bond acceptors (Lipinski definition) is 5. The molecule has 0 bridgehead atoms. The highest BCUT2D eigenvalue weighted by molar-refractivity contribution is 6.05. The summed E-state index contributed by atoms with van der Waals surface area (Å²) in [5.74, 6) is -0.170. The van der Waals surface area contributed by atoms with E-state index in [2.05, 4.69) is 10.2 Å². The summed E-state index contributed by atoms with van der Waals surface area (Å²) in [6.45, 7) is 2.65. The lowest BCUT2D eigenvalue weighted by molar-refractivity contribution is -0.123. The van der Waals surface area contributed by atoms with Crippen molar-refractivity contribution < 1.29 is 14.3 Å². The van der Waals surface area contributed by atoms with E-state index < -0.39 is 0 Å². The summed E-state index contributed by atoms with van der Waals surface area (Å²) >= 11 is 0. The van der Waals surface area contributed by atoms with E-state index in [1.165, 1.54) is 6.08 Å².